The Bertz CT molecular complexity index is 499. The molecule has 116 valence electrons. The van der Waals surface area contributed by atoms with E-state index < -0.39 is 0 Å². The normalized spacial score (nSPS) is 15.7. The van der Waals surface area contributed by atoms with E-state index in [9.17, 15) is 4.79 Å². The van der Waals surface area contributed by atoms with Crippen LogP contribution in [0.4, 0.5) is 11.6 Å². The van der Waals surface area contributed by atoms with Crippen LogP contribution in [0.3, 0.4) is 0 Å². The summed E-state index contributed by atoms with van der Waals surface area (Å²) in [6, 6.07) is 1.66. The lowest BCUT2D eigenvalue weighted by Crippen LogP contribution is -2.41. The molecule has 6 heteroatoms. The number of hydrogen-bond donors (Lipinski definition) is 3. The van der Waals surface area contributed by atoms with Crippen LogP contribution in [0.1, 0.15) is 52.3 Å². The number of carbonyl (C=O) groups excluding carboxylic acids is 1. The quantitative estimate of drug-likeness (QED) is 0.717. The minimum atomic E-state index is -0.330. The first-order valence-electron chi connectivity index (χ1n) is 7.69. The molecule has 0 spiro atoms. The van der Waals surface area contributed by atoms with E-state index in [1.165, 1.54) is 0 Å². The number of nitrogens with zero attached hydrogens (tertiary/aromatic N) is 2. The van der Waals surface area contributed by atoms with Gasteiger partial charge < -0.3 is 16.0 Å². The lowest BCUT2D eigenvalue weighted by molar-refractivity contribution is -0.122. The van der Waals surface area contributed by atoms with Crippen molar-refractivity contribution in [3.63, 3.8) is 0 Å². The van der Waals surface area contributed by atoms with Crippen LogP contribution in [0.25, 0.3) is 0 Å². The molecule has 1 atom stereocenters. The van der Waals surface area contributed by atoms with Gasteiger partial charge in [0.1, 0.15) is 23.5 Å². The number of carbonyl (C=O) groups is 1. The number of anilines is 2. The Morgan fingerprint density at radius 1 is 1.29 bits per heavy atom. The zero-order valence-electron chi connectivity index (χ0n) is 13.2. The monoisotopic (exact) mass is 291 g/mol. The van der Waals surface area contributed by atoms with Crippen molar-refractivity contribution >= 4 is 17.5 Å². The van der Waals surface area contributed by atoms with Crippen LogP contribution in [0, 0.1) is 0 Å². The van der Waals surface area contributed by atoms with Crippen molar-refractivity contribution in [3.05, 3.63) is 11.9 Å². The van der Waals surface area contributed by atoms with Gasteiger partial charge in [0.25, 0.3) is 0 Å². The molecule has 0 bridgehead atoms. The van der Waals surface area contributed by atoms with Gasteiger partial charge >= 0.3 is 0 Å². The Kier molecular flexibility index (Phi) is 4.98. The highest BCUT2D eigenvalue weighted by atomic mass is 16.2. The molecule has 1 aliphatic rings. The number of hydrogen-bond acceptors (Lipinski definition) is 5. The largest absolute Gasteiger partial charge is 0.370 e. The molecular formula is C15H25N5O. The fourth-order valence-corrected chi connectivity index (χ4v) is 2.03. The molecule has 1 fully saturated rings. The van der Waals surface area contributed by atoms with Crippen molar-refractivity contribution in [2.45, 2.75) is 58.5 Å². The second-order valence-corrected chi connectivity index (χ2v) is 5.83. The fourth-order valence-electron chi connectivity index (χ4n) is 2.03. The first kappa shape index (κ1) is 15.5. The molecule has 21 heavy (non-hydrogen) atoms. The average molecular weight is 291 g/mol. The second kappa shape index (κ2) is 6.74. The number of amides is 1. The molecule has 0 radical (unpaired) electrons. The highest BCUT2D eigenvalue weighted by Gasteiger charge is 2.27. The number of nitrogens with one attached hydrogen (secondary N) is 3. The summed E-state index contributed by atoms with van der Waals surface area (Å²) in [5.41, 5.74) is 0. The Hall–Kier alpha value is -1.85. The molecule has 1 heterocycles. The van der Waals surface area contributed by atoms with Gasteiger partial charge in [-0.1, -0.05) is 0 Å². The predicted octanol–water partition coefficient (Wildman–Crippen LogP) is 2.11. The molecular weight excluding hydrogens is 266 g/mol. The summed E-state index contributed by atoms with van der Waals surface area (Å²) < 4.78 is 0. The molecule has 0 aromatic carbocycles. The Balaban J connectivity index is 2.09. The predicted molar refractivity (Wildman–Crippen MR) is 84.5 cm³/mol. The van der Waals surface area contributed by atoms with Gasteiger partial charge in [-0.15, -0.1) is 0 Å². The van der Waals surface area contributed by atoms with E-state index in [1.54, 1.807) is 0 Å². The van der Waals surface area contributed by atoms with Crippen LogP contribution >= 0.6 is 0 Å². The summed E-state index contributed by atoms with van der Waals surface area (Å²) in [5.74, 6) is 2.83. The first-order chi connectivity index (χ1) is 9.99. The standard InChI is InChI=1S/C15H25N5O/c1-5-16-12-8-13(20-14(19-12)11-6-7-11)18-10(4)15(21)17-9(2)3/h8-11H,5-7H2,1-4H3,(H,17,21)(H2,16,18,19,20). The molecule has 0 saturated heterocycles. The van der Waals surface area contributed by atoms with Gasteiger partial charge in [0.05, 0.1) is 0 Å². The van der Waals surface area contributed by atoms with E-state index in [1.807, 2.05) is 33.8 Å². The van der Waals surface area contributed by atoms with Crippen molar-refractivity contribution in [1.82, 2.24) is 15.3 Å². The molecule has 1 aliphatic carbocycles. The van der Waals surface area contributed by atoms with E-state index in [2.05, 4.69) is 25.9 Å². The highest BCUT2D eigenvalue weighted by Crippen LogP contribution is 2.38. The minimum Gasteiger partial charge on any atom is -0.370 e. The highest BCUT2D eigenvalue weighted by molar-refractivity contribution is 5.84. The Morgan fingerprint density at radius 2 is 1.95 bits per heavy atom. The van der Waals surface area contributed by atoms with Crippen molar-refractivity contribution in [2.75, 3.05) is 17.2 Å². The van der Waals surface area contributed by atoms with Gasteiger partial charge in [-0.05, 0) is 40.5 Å². The minimum absolute atomic E-state index is 0.0263. The van der Waals surface area contributed by atoms with Gasteiger partial charge in [0.2, 0.25) is 5.91 Å². The molecule has 2 rings (SSSR count). The lowest BCUT2D eigenvalue weighted by Gasteiger charge is -2.17. The third-order valence-electron chi connectivity index (χ3n) is 3.23. The molecule has 3 N–H and O–H groups in total. The zero-order valence-corrected chi connectivity index (χ0v) is 13.2. The van der Waals surface area contributed by atoms with Crippen molar-refractivity contribution in [3.8, 4) is 0 Å². The summed E-state index contributed by atoms with van der Waals surface area (Å²) in [6.07, 6.45) is 2.30. The van der Waals surface area contributed by atoms with Crippen LogP contribution in [-0.2, 0) is 4.79 Å². The van der Waals surface area contributed by atoms with E-state index >= 15 is 0 Å². The summed E-state index contributed by atoms with van der Waals surface area (Å²) in [5, 5.41) is 9.27. The number of rotatable bonds is 7. The maximum Gasteiger partial charge on any atom is 0.242 e. The first-order valence-corrected chi connectivity index (χ1v) is 7.69. The molecule has 1 amide bonds. The Morgan fingerprint density at radius 3 is 2.52 bits per heavy atom. The lowest BCUT2D eigenvalue weighted by atomic mass is 10.2. The third-order valence-corrected chi connectivity index (χ3v) is 3.23. The maximum absolute atomic E-state index is 12.0. The average Bonchev–Trinajstić information content (AvgIpc) is 3.22. The van der Waals surface area contributed by atoms with E-state index in [-0.39, 0.29) is 18.0 Å². The van der Waals surface area contributed by atoms with E-state index in [0.29, 0.717) is 11.7 Å². The summed E-state index contributed by atoms with van der Waals surface area (Å²) in [6.45, 7) is 8.58. The van der Waals surface area contributed by atoms with Gasteiger partial charge in [-0.25, -0.2) is 9.97 Å². The number of aromatic nitrogens is 2. The van der Waals surface area contributed by atoms with Crippen LogP contribution < -0.4 is 16.0 Å². The van der Waals surface area contributed by atoms with Crippen molar-refractivity contribution in [1.29, 1.82) is 0 Å². The molecule has 1 saturated carbocycles. The maximum atomic E-state index is 12.0. The zero-order chi connectivity index (χ0) is 15.4. The summed E-state index contributed by atoms with van der Waals surface area (Å²) in [7, 11) is 0. The summed E-state index contributed by atoms with van der Waals surface area (Å²) >= 11 is 0. The molecule has 0 aliphatic heterocycles. The van der Waals surface area contributed by atoms with E-state index in [4.69, 9.17) is 0 Å². The smallest absolute Gasteiger partial charge is 0.242 e. The van der Waals surface area contributed by atoms with Gasteiger partial charge in [-0.2, -0.15) is 0 Å². The van der Waals surface area contributed by atoms with Crippen LogP contribution in [0.15, 0.2) is 6.07 Å². The third kappa shape index (κ3) is 4.58. The van der Waals surface area contributed by atoms with Crippen LogP contribution in [0.2, 0.25) is 0 Å². The summed E-state index contributed by atoms with van der Waals surface area (Å²) in [4.78, 5) is 21.0. The van der Waals surface area contributed by atoms with E-state index in [0.717, 1.165) is 31.0 Å². The van der Waals surface area contributed by atoms with Crippen LogP contribution in [0.5, 0.6) is 0 Å². The Labute approximate surface area is 126 Å². The van der Waals surface area contributed by atoms with Gasteiger partial charge in [-0.3, -0.25) is 4.79 Å². The molecule has 6 nitrogen and oxygen atoms in total. The molecule has 1 aromatic heterocycles. The SMILES string of the molecule is CCNc1cc(NC(C)C(=O)NC(C)C)nc(C2CC2)n1. The van der Waals surface area contributed by atoms with Crippen molar-refractivity contribution in [2.24, 2.45) is 0 Å². The van der Waals surface area contributed by atoms with Gasteiger partial charge in [0, 0.05) is 24.6 Å². The van der Waals surface area contributed by atoms with Crippen LogP contribution in [-0.4, -0.2) is 34.5 Å². The van der Waals surface area contributed by atoms with Gasteiger partial charge in [0.15, 0.2) is 0 Å². The van der Waals surface area contributed by atoms with Crippen molar-refractivity contribution < 1.29 is 4.79 Å². The topological polar surface area (TPSA) is 78.9 Å². The fraction of sp³-hybridized carbons (Fsp3) is 0.667. The second-order valence-electron chi connectivity index (χ2n) is 5.83. The molecule has 1 unspecified atom stereocenters. The molecule has 1 aromatic rings.